The number of hydrogen-bond acceptors (Lipinski definition) is 5. The Kier molecular flexibility index (Phi) is 3.62. The van der Waals surface area contributed by atoms with E-state index in [1.54, 1.807) is 12.1 Å². The molecule has 1 aliphatic rings. The number of benzene rings is 1. The van der Waals surface area contributed by atoms with E-state index >= 15 is 0 Å². The van der Waals surface area contributed by atoms with Gasteiger partial charge >= 0.3 is 0 Å². The predicted octanol–water partition coefficient (Wildman–Crippen LogP) is 1.11. The van der Waals surface area contributed by atoms with Gasteiger partial charge in [0, 0.05) is 19.3 Å². The summed E-state index contributed by atoms with van der Waals surface area (Å²) in [6.07, 6.45) is 2.15. The molecule has 7 heteroatoms. The van der Waals surface area contributed by atoms with Gasteiger partial charge in [-0.1, -0.05) is 24.3 Å². The topological polar surface area (TPSA) is 88.3 Å². The Labute approximate surface area is 123 Å². The zero-order chi connectivity index (χ0) is 14.9. The Morgan fingerprint density at radius 3 is 2.67 bits per heavy atom. The Morgan fingerprint density at radius 2 is 1.90 bits per heavy atom. The molecule has 2 heterocycles. The van der Waals surface area contributed by atoms with E-state index in [1.165, 1.54) is 16.1 Å². The molecule has 0 saturated heterocycles. The van der Waals surface area contributed by atoms with Crippen molar-refractivity contribution >= 4 is 15.7 Å². The number of nitrogens with zero attached hydrogens (tertiary/aromatic N) is 2. The third kappa shape index (κ3) is 2.51. The number of anilines is 1. The molecule has 21 heavy (non-hydrogen) atoms. The third-order valence-corrected chi connectivity index (χ3v) is 5.41. The molecule has 0 atom stereocenters. The first kappa shape index (κ1) is 14.0. The molecule has 1 aromatic heterocycles. The molecule has 3 N–H and O–H groups in total. The molecule has 1 aromatic carbocycles. The van der Waals surface area contributed by atoms with Crippen molar-refractivity contribution in [1.82, 2.24) is 9.29 Å². The lowest BCUT2D eigenvalue weighted by atomic mass is 10.0. The standard InChI is InChI=1S/C14H16N4O2S/c15-17-13-6-3-8-16-14(13)21(19,20)18-9-7-11-4-1-2-5-12(11)10-18/h1-6,8,17H,7,9-10,15H2. The maximum absolute atomic E-state index is 12.7. The normalized spacial score (nSPS) is 15.5. The number of hydrogen-bond donors (Lipinski definition) is 2. The number of nitrogen functional groups attached to an aromatic ring is 1. The average molecular weight is 304 g/mol. The van der Waals surface area contributed by atoms with Gasteiger partial charge in [-0.15, -0.1) is 0 Å². The summed E-state index contributed by atoms with van der Waals surface area (Å²) in [4.78, 5) is 3.98. The number of pyridine rings is 1. The van der Waals surface area contributed by atoms with Crippen LogP contribution in [0.5, 0.6) is 0 Å². The summed E-state index contributed by atoms with van der Waals surface area (Å²) in [6, 6.07) is 11.1. The van der Waals surface area contributed by atoms with E-state index in [9.17, 15) is 8.42 Å². The smallest absolute Gasteiger partial charge is 0.263 e. The van der Waals surface area contributed by atoms with Crippen molar-refractivity contribution in [3.8, 4) is 0 Å². The Balaban J connectivity index is 1.97. The van der Waals surface area contributed by atoms with Crippen LogP contribution in [0.25, 0.3) is 0 Å². The quantitative estimate of drug-likeness (QED) is 0.655. The van der Waals surface area contributed by atoms with E-state index in [0.717, 1.165) is 5.56 Å². The van der Waals surface area contributed by atoms with Gasteiger partial charge in [0.15, 0.2) is 5.03 Å². The zero-order valence-electron chi connectivity index (χ0n) is 11.4. The molecular weight excluding hydrogens is 288 g/mol. The van der Waals surface area contributed by atoms with Gasteiger partial charge in [0.25, 0.3) is 10.0 Å². The molecule has 0 fully saturated rings. The molecule has 0 saturated carbocycles. The molecular formula is C14H16N4O2S. The van der Waals surface area contributed by atoms with Crippen molar-refractivity contribution in [3.05, 3.63) is 53.7 Å². The summed E-state index contributed by atoms with van der Waals surface area (Å²) in [5.74, 6) is 5.38. The van der Waals surface area contributed by atoms with Crippen LogP contribution in [0.3, 0.4) is 0 Å². The van der Waals surface area contributed by atoms with Crippen LogP contribution in [0, 0.1) is 0 Å². The monoisotopic (exact) mass is 304 g/mol. The first-order valence-corrected chi connectivity index (χ1v) is 8.05. The van der Waals surface area contributed by atoms with Gasteiger partial charge in [0.05, 0.1) is 5.69 Å². The van der Waals surface area contributed by atoms with E-state index in [1.807, 2.05) is 24.3 Å². The molecule has 0 radical (unpaired) electrons. The van der Waals surface area contributed by atoms with Crippen molar-refractivity contribution in [3.63, 3.8) is 0 Å². The molecule has 110 valence electrons. The predicted molar refractivity (Wildman–Crippen MR) is 79.8 cm³/mol. The molecule has 0 spiro atoms. The summed E-state index contributed by atoms with van der Waals surface area (Å²) < 4.78 is 26.9. The van der Waals surface area contributed by atoms with Gasteiger partial charge in [-0.25, -0.2) is 13.4 Å². The minimum absolute atomic E-state index is 0.0353. The summed E-state index contributed by atoms with van der Waals surface area (Å²) >= 11 is 0. The van der Waals surface area contributed by atoms with E-state index in [2.05, 4.69) is 10.4 Å². The van der Waals surface area contributed by atoms with Gasteiger partial charge in [-0.3, -0.25) is 5.84 Å². The fourth-order valence-electron chi connectivity index (χ4n) is 2.50. The zero-order valence-corrected chi connectivity index (χ0v) is 12.2. The SMILES string of the molecule is NNc1cccnc1S(=O)(=O)N1CCc2ccccc2C1. The minimum atomic E-state index is -3.67. The third-order valence-electron chi connectivity index (χ3n) is 3.61. The highest BCUT2D eigenvalue weighted by Gasteiger charge is 2.31. The molecule has 0 aliphatic carbocycles. The van der Waals surface area contributed by atoms with Gasteiger partial charge < -0.3 is 5.43 Å². The van der Waals surface area contributed by atoms with Gasteiger partial charge in [0.2, 0.25) is 0 Å². The van der Waals surface area contributed by atoms with Crippen molar-refractivity contribution in [1.29, 1.82) is 0 Å². The van der Waals surface area contributed by atoms with Crippen molar-refractivity contribution in [2.75, 3.05) is 12.0 Å². The first-order valence-electron chi connectivity index (χ1n) is 6.61. The van der Waals surface area contributed by atoms with Crippen LogP contribution in [0.15, 0.2) is 47.6 Å². The van der Waals surface area contributed by atoms with Crippen LogP contribution in [0.1, 0.15) is 11.1 Å². The van der Waals surface area contributed by atoms with Crippen molar-refractivity contribution in [2.24, 2.45) is 5.84 Å². The summed E-state index contributed by atoms with van der Waals surface area (Å²) in [5, 5.41) is -0.0353. The Bertz CT molecular complexity index is 761. The second kappa shape index (κ2) is 5.44. The second-order valence-electron chi connectivity index (χ2n) is 4.86. The fourth-order valence-corrected chi connectivity index (χ4v) is 3.99. The highest BCUT2D eigenvalue weighted by molar-refractivity contribution is 7.89. The van der Waals surface area contributed by atoms with Crippen molar-refractivity contribution < 1.29 is 8.42 Å². The van der Waals surface area contributed by atoms with Crippen LogP contribution < -0.4 is 11.3 Å². The lowest BCUT2D eigenvalue weighted by Gasteiger charge is -2.28. The van der Waals surface area contributed by atoms with Crippen LogP contribution in [0.2, 0.25) is 0 Å². The second-order valence-corrected chi connectivity index (χ2v) is 6.71. The minimum Gasteiger partial charge on any atom is -0.321 e. The number of aromatic nitrogens is 1. The highest BCUT2D eigenvalue weighted by atomic mass is 32.2. The number of nitrogens with one attached hydrogen (secondary N) is 1. The number of hydrazine groups is 1. The Morgan fingerprint density at radius 1 is 1.14 bits per heavy atom. The van der Waals surface area contributed by atoms with Gasteiger partial charge in [0.1, 0.15) is 0 Å². The summed E-state index contributed by atoms with van der Waals surface area (Å²) in [5.41, 5.74) is 4.92. The van der Waals surface area contributed by atoms with E-state index in [4.69, 9.17) is 5.84 Å². The van der Waals surface area contributed by atoms with Crippen LogP contribution in [-0.2, 0) is 23.0 Å². The van der Waals surface area contributed by atoms with E-state index in [-0.39, 0.29) is 5.03 Å². The molecule has 3 rings (SSSR count). The number of nitrogens with two attached hydrogens (primary N) is 1. The van der Waals surface area contributed by atoms with Crippen LogP contribution in [0.4, 0.5) is 5.69 Å². The number of rotatable bonds is 3. The fraction of sp³-hybridized carbons (Fsp3) is 0.214. The first-order chi connectivity index (χ1) is 10.1. The number of sulfonamides is 1. The van der Waals surface area contributed by atoms with Gasteiger partial charge in [-0.05, 0) is 29.7 Å². The Hall–Kier alpha value is -1.96. The molecule has 6 nitrogen and oxygen atoms in total. The number of fused-ring (bicyclic) bond motifs is 1. The van der Waals surface area contributed by atoms with E-state index < -0.39 is 10.0 Å². The molecule has 1 aliphatic heterocycles. The van der Waals surface area contributed by atoms with E-state index in [0.29, 0.717) is 25.2 Å². The summed E-state index contributed by atoms with van der Waals surface area (Å²) in [6.45, 7) is 0.805. The van der Waals surface area contributed by atoms with Crippen LogP contribution in [-0.4, -0.2) is 24.3 Å². The highest BCUT2D eigenvalue weighted by Crippen LogP contribution is 2.26. The van der Waals surface area contributed by atoms with Crippen molar-refractivity contribution in [2.45, 2.75) is 18.0 Å². The molecule has 0 bridgehead atoms. The van der Waals surface area contributed by atoms with Crippen LogP contribution >= 0.6 is 0 Å². The maximum atomic E-state index is 12.7. The van der Waals surface area contributed by atoms with Gasteiger partial charge in [-0.2, -0.15) is 4.31 Å². The lowest BCUT2D eigenvalue weighted by molar-refractivity contribution is 0.390. The average Bonchev–Trinajstić information content (AvgIpc) is 2.54. The molecule has 0 unspecified atom stereocenters. The lowest BCUT2D eigenvalue weighted by Crippen LogP contribution is -2.36. The molecule has 2 aromatic rings. The maximum Gasteiger partial charge on any atom is 0.263 e. The molecule has 0 amide bonds. The largest absolute Gasteiger partial charge is 0.321 e. The summed E-state index contributed by atoms with van der Waals surface area (Å²) in [7, 11) is -3.67.